The molecule has 0 saturated carbocycles. The first-order valence-corrected chi connectivity index (χ1v) is 6.55. The fourth-order valence-corrected chi connectivity index (χ4v) is 1.89. The van der Waals surface area contributed by atoms with Crippen LogP contribution in [0.3, 0.4) is 0 Å². The number of rotatable bonds is 6. The average molecular weight is 350 g/mol. The number of carbonyl (C=O) groups is 2. The summed E-state index contributed by atoms with van der Waals surface area (Å²) in [4.78, 5) is 23.2. The van der Waals surface area contributed by atoms with Gasteiger partial charge in [0.1, 0.15) is 11.6 Å². The van der Waals surface area contributed by atoms with Crippen LogP contribution in [-0.4, -0.2) is 34.3 Å². The molecule has 2 atom stereocenters. The molecule has 1 aromatic rings. The van der Waals surface area contributed by atoms with Gasteiger partial charge in [-0.05, 0) is 13.3 Å². The molecule has 0 aliphatic heterocycles. The molecule has 10 heteroatoms. The van der Waals surface area contributed by atoms with Crippen molar-refractivity contribution in [2.24, 2.45) is 0 Å². The van der Waals surface area contributed by atoms with Crippen LogP contribution >= 0.6 is 0 Å². The lowest BCUT2D eigenvalue weighted by molar-refractivity contribution is -0.133. The van der Waals surface area contributed by atoms with E-state index in [2.05, 4.69) is 6.58 Å². The second kappa shape index (κ2) is 7.88. The van der Waals surface area contributed by atoms with Gasteiger partial charge in [-0.25, -0.2) is 23.0 Å². The third kappa shape index (κ3) is 3.71. The van der Waals surface area contributed by atoms with Crippen molar-refractivity contribution in [1.82, 2.24) is 10.8 Å². The van der Waals surface area contributed by atoms with Crippen LogP contribution < -0.4 is 10.8 Å². The van der Waals surface area contributed by atoms with E-state index in [1.807, 2.05) is 0 Å². The van der Waals surface area contributed by atoms with Crippen LogP contribution in [0.4, 0.5) is 17.6 Å². The molecule has 1 rings (SSSR count). The molecule has 0 bridgehead atoms. The molecular weight excluding hydrogens is 336 g/mol. The number of aliphatic hydroxyl groups excluding tert-OH is 1. The fourth-order valence-electron chi connectivity index (χ4n) is 1.89. The number of aliphatic hydroxyl groups is 1. The summed E-state index contributed by atoms with van der Waals surface area (Å²) in [6, 6.07) is -1.82. The Balaban J connectivity index is 3.34. The van der Waals surface area contributed by atoms with Crippen molar-refractivity contribution in [3.8, 4) is 0 Å². The van der Waals surface area contributed by atoms with Gasteiger partial charge in [0.25, 0.3) is 11.8 Å². The number of halogens is 4. The van der Waals surface area contributed by atoms with Crippen molar-refractivity contribution in [2.75, 3.05) is 0 Å². The Hall–Kier alpha value is -2.46. The Labute approximate surface area is 133 Å². The number of hydroxylamine groups is 1. The Bertz CT molecular complexity index is 650. The maximum atomic E-state index is 13.9. The predicted molar refractivity (Wildman–Crippen MR) is 73.0 cm³/mol. The van der Waals surface area contributed by atoms with Crippen molar-refractivity contribution >= 4 is 11.8 Å². The van der Waals surface area contributed by atoms with Crippen molar-refractivity contribution in [1.29, 1.82) is 0 Å². The molecule has 0 fully saturated rings. The summed E-state index contributed by atoms with van der Waals surface area (Å²) in [5.41, 5.74) is -1.43. The molecule has 24 heavy (non-hydrogen) atoms. The highest BCUT2D eigenvalue weighted by Gasteiger charge is 2.32. The molecule has 0 saturated heterocycles. The highest BCUT2D eigenvalue weighted by atomic mass is 19.2. The monoisotopic (exact) mass is 350 g/mol. The van der Waals surface area contributed by atoms with Crippen LogP contribution in [0.15, 0.2) is 12.7 Å². The van der Waals surface area contributed by atoms with E-state index in [-0.39, 0.29) is 0 Å². The molecule has 0 aliphatic rings. The summed E-state index contributed by atoms with van der Waals surface area (Å²) in [5, 5.41) is 19.5. The number of hydrogen-bond donors (Lipinski definition) is 4. The fraction of sp³-hybridized carbons (Fsp3) is 0.286. The summed E-state index contributed by atoms with van der Waals surface area (Å²) in [6.45, 7) is 4.22. The van der Waals surface area contributed by atoms with Gasteiger partial charge < -0.3 is 10.4 Å². The quantitative estimate of drug-likeness (QED) is 0.202. The number of nitrogens with one attached hydrogen (secondary N) is 2. The number of hydrogen-bond acceptors (Lipinski definition) is 4. The Morgan fingerprint density at radius 3 is 2.04 bits per heavy atom. The van der Waals surface area contributed by atoms with Gasteiger partial charge in [0.15, 0.2) is 23.3 Å². The topological polar surface area (TPSA) is 98.7 Å². The molecule has 1 aromatic carbocycles. The van der Waals surface area contributed by atoms with Crippen LogP contribution in [0.25, 0.3) is 0 Å². The summed E-state index contributed by atoms with van der Waals surface area (Å²) in [7, 11) is 0. The van der Waals surface area contributed by atoms with E-state index in [1.54, 1.807) is 5.32 Å². The van der Waals surface area contributed by atoms with Gasteiger partial charge in [0.2, 0.25) is 0 Å². The SMILES string of the molecule is C=CCc1c(F)c(F)c(C(=O)N[C@H](C(=O)NO)[C@@H](C)O)c(F)c1F. The third-order valence-electron chi connectivity index (χ3n) is 3.09. The third-order valence-corrected chi connectivity index (χ3v) is 3.09. The summed E-state index contributed by atoms with van der Waals surface area (Å²) >= 11 is 0. The first-order chi connectivity index (χ1) is 11.2. The first-order valence-electron chi connectivity index (χ1n) is 6.55. The number of allylic oxidation sites excluding steroid dienone is 1. The van der Waals surface area contributed by atoms with E-state index < -0.39 is 64.8 Å². The van der Waals surface area contributed by atoms with Crippen molar-refractivity contribution in [2.45, 2.75) is 25.5 Å². The minimum absolute atomic E-state index is 0.517. The van der Waals surface area contributed by atoms with E-state index in [9.17, 15) is 32.3 Å². The normalized spacial score (nSPS) is 13.1. The van der Waals surface area contributed by atoms with Crippen LogP contribution in [0.2, 0.25) is 0 Å². The van der Waals surface area contributed by atoms with E-state index in [0.717, 1.165) is 18.5 Å². The second-order valence-electron chi connectivity index (χ2n) is 4.77. The van der Waals surface area contributed by atoms with Gasteiger partial charge in [-0.2, -0.15) is 0 Å². The Morgan fingerprint density at radius 2 is 1.67 bits per heavy atom. The maximum Gasteiger partial charge on any atom is 0.268 e. The number of amides is 2. The molecule has 6 nitrogen and oxygen atoms in total. The minimum atomic E-state index is -1.96. The van der Waals surface area contributed by atoms with E-state index in [0.29, 0.717) is 0 Å². The van der Waals surface area contributed by atoms with Crippen LogP contribution in [0, 0.1) is 23.3 Å². The largest absolute Gasteiger partial charge is 0.391 e. The zero-order valence-electron chi connectivity index (χ0n) is 12.4. The second-order valence-corrected chi connectivity index (χ2v) is 4.77. The van der Waals surface area contributed by atoms with Gasteiger partial charge in [0, 0.05) is 5.56 Å². The van der Waals surface area contributed by atoms with Gasteiger partial charge in [-0.3, -0.25) is 14.8 Å². The van der Waals surface area contributed by atoms with Gasteiger partial charge in [0.05, 0.1) is 6.10 Å². The van der Waals surface area contributed by atoms with E-state index in [4.69, 9.17) is 5.21 Å². The van der Waals surface area contributed by atoms with E-state index >= 15 is 0 Å². The average Bonchev–Trinajstić information content (AvgIpc) is 2.54. The molecule has 4 N–H and O–H groups in total. The first kappa shape index (κ1) is 19.6. The lowest BCUT2D eigenvalue weighted by Crippen LogP contribution is -2.52. The van der Waals surface area contributed by atoms with Crippen LogP contribution in [-0.2, 0) is 11.2 Å². The van der Waals surface area contributed by atoms with Crippen LogP contribution in [0.5, 0.6) is 0 Å². The minimum Gasteiger partial charge on any atom is -0.391 e. The number of benzene rings is 1. The molecule has 0 aliphatic carbocycles. The maximum absolute atomic E-state index is 13.9. The summed E-state index contributed by atoms with van der Waals surface area (Å²) < 4.78 is 55.4. The van der Waals surface area contributed by atoms with Gasteiger partial charge in [-0.15, -0.1) is 6.58 Å². The lowest BCUT2D eigenvalue weighted by atomic mass is 10.0. The zero-order valence-corrected chi connectivity index (χ0v) is 12.4. The van der Waals surface area contributed by atoms with Crippen molar-refractivity contribution in [3.63, 3.8) is 0 Å². The predicted octanol–water partition coefficient (Wildman–Crippen LogP) is 0.956. The molecule has 0 aromatic heterocycles. The Kier molecular flexibility index (Phi) is 6.43. The molecule has 0 unspecified atom stereocenters. The highest BCUT2D eigenvalue weighted by Crippen LogP contribution is 2.25. The summed E-state index contributed by atoms with van der Waals surface area (Å²) in [6.07, 6.45) is -1.09. The molecule has 0 heterocycles. The summed E-state index contributed by atoms with van der Waals surface area (Å²) in [5.74, 6) is -10.5. The smallest absolute Gasteiger partial charge is 0.268 e. The molecule has 2 amide bonds. The van der Waals surface area contributed by atoms with Crippen LogP contribution in [0.1, 0.15) is 22.8 Å². The van der Waals surface area contributed by atoms with E-state index in [1.165, 1.54) is 0 Å². The molecule has 132 valence electrons. The van der Waals surface area contributed by atoms with Gasteiger partial charge in [-0.1, -0.05) is 6.08 Å². The zero-order chi connectivity index (χ0) is 18.6. The van der Waals surface area contributed by atoms with Crippen molar-refractivity contribution in [3.05, 3.63) is 47.1 Å². The molecule has 0 spiro atoms. The lowest BCUT2D eigenvalue weighted by Gasteiger charge is -2.20. The molecular formula is C14H14F4N2O4. The molecule has 0 radical (unpaired) electrons. The standard InChI is InChI=1S/C14H14F4N2O4/c1-3-4-6-8(15)10(17)7(11(18)9(6)16)13(22)19-12(5(2)21)14(23)20-24/h3,5,12,21,24H,1,4H2,2H3,(H,19,22)(H,20,23)/t5-,12+/m1/s1. The Morgan fingerprint density at radius 1 is 1.17 bits per heavy atom. The number of carbonyl (C=O) groups excluding carboxylic acids is 2. The highest BCUT2D eigenvalue weighted by molar-refractivity contribution is 5.98. The van der Waals surface area contributed by atoms with Crippen molar-refractivity contribution < 1.29 is 37.5 Å². The van der Waals surface area contributed by atoms with Gasteiger partial charge >= 0.3 is 0 Å².